The Balaban J connectivity index is 1.33. The lowest BCUT2D eigenvalue weighted by molar-refractivity contribution is 0.670. The third-order valence-corrected chi connectivity index (χ3v) is 9.57. The summed E-state index contributed by atoms with van der Waals surface area (Å²) in [6, 6.07) is 41.9. The van der Waals surface area contributed by atoms with E-state index in [1.807, 2.05) is 6.07 Å². The second-order valence-electron chi connectivity index (χ2n) is 11.9. The third-order valence-electron chi connectivity index (χ3n) is 9.57. The summed E-state index contributed by atoms with van der Waals surface area (Å²) in [7, 11) is 0. The molecule has 9 rings (SSSR count). The van der Waals surface area contributed by atoms with E-state index in [0.717, 1.165) is 40.3 Å². The van der Waals surface area contributed by atoms with E-state index in [9.17, 15) is 0 Å². The molecular formula is C42H30O. The Hall–Kier alpha value is -5.14. The zero-order valence-electron chi connectivity index (χ0n) is 23.8. The highest BCUT2D eigenvalue weighted by atomic mass is 16.3. The first-order valence-corrected chi connectivity index (χ1v) is 15.3. The minimum absolute atomic E-state index is 0.262. The van der Waals surface area contributed by atoms with Crippen LogP contribution in [0.4, 0.5) is 0 Å². The van der Waals surface area contributed by atoms with Crippen molar-refractivity contribution in [2.75, 3.05) is 0 Å². The van der Waals surface area contributed by atoms with Crippen LogP contribution in [-0.4, -0.2) is 0 Å². The Bertz CT molecular complexity index is 2410. The van der Waals surface area contributed by atoms with Crippen molar-refractivity contribution in [2.24, 2.45) is 11.8 Å². The molecule has 1 aromatic heterocycles. The number of furan rings is 1. The van der Waals surface area contributed by atoms with Gasteiger partial charge in [0, 0.05) is 28.2 Å². The summed E-state index contributed by atoms with van der Waals surface area (Å²) < 4.78 is 6.44. The third kappa shape index (κ3) is 3.78. The lowest BCUT2D eigenvalue weighted by Crippen LogP contribution is -2.42. The molecule has 3 aliphatic rings. The molecular weight excluding hydrogens is 520 g/mol. The number of allylic oxidation sites excluding steroid dienone is 4. The molecule has 0 amide bonds. The summed E-state index contributed by atoms with van der Waals surface area (Å²) >= 11 is 0. The van der Waals surface area contributed by atoms with Crippen LogP contribution in [-0.2, 0) is 0 Å². The van der Waals surface area contributed by atoms with Gasteiger partial charge < -0.3 is 4.42 Å². The minimum Gasteiger partial charge on any atom is -0.455 e. The van der Waals surface area contributed by atoms with Gasteiger partial charge in [0.25, 0.3) is 0 Å². The number of hydrogen-bond acceptors (Lipinski definition) is 1. The molecule has 0 N–H and O–H groups in total. The molecule has 3 aliphatic carbocycles. The maximum atomic E-state index is 6.44. The van der Waals surface area contributed by atoms with Gasteiger partial charge in [-0.3, -0.25) is 0 Å². The van der Waals surface area contributed by atoms with Crippen molar-refractivity contribution in [3.8, 4) is 11.1 Å². The van der Waals surface area contributed by atoms with Gasteiger partial charge in [0.2, 0.25) is 0 Å². The first-order chi connectivity index (χ1) is 21.3. The second-order valence-corrected chi connectivity index (χ2v) is 11.9. The highest BCUT2D eigenvalue weighted by Gasteiger charge is 2.33. The van der Waals surface area contributed by atoms with Crippen LogP contribution < -0.4 is 20.9 Å². The van der Waals surface area contributed by atoms with Gasteiger partial charge in [-0.1, -0.05) is 134 Å². The van der Waals surface area contributed by atoms with E-state index in [0.29, 0.717) is 5.92 Å². The molecule has 6 aromatic rings. The zero-order valence-corrected chi connectivity index (χ0v) is 23.8. The van der Waals surface area contributed by atoms with Gasteiger partial charge in [0.1, 0.15) is 11.2 Å². The smallest absolute Gasteiger partial charge is 0.143 e. The van der Waals surface area contributed by atoms with Crippen molar-refractivity contribution in [1.29, 1.82) is 0 Å². The molecule has 0 bridgehead atoms. The molecule has 0 aliphatic heterocycles. The molecule has 204 valence electrons. The molecule has 1 nitrogen and oxygen atoms in total. The average molecular weight is 551 g/mol. The number of hydrogen-bond donors (Lipinski definition) is 0. The van der Waals surface area contributed by atoms with Gasteiger partial charge in [0.05, 0.1) is 0 Å². The van der Waals surface area contributed by atoms with Gasteiger partial charge in [0.15, 0.2) is 0 Å². The SMILES string of the molecule is C1=CC2C(C3=c4ccccc4=CCC3)=c3ccccc3=C(c3cccc(-c4cccc5c4oc4ccccc45)c3)C2C=C1. The molecule has 0 saturated carbocycles. The van der Waals surface area contributed by atoms with Gasteiger partial charge in [-0.2, -0.15) is 0 Å². The molecule has 2 atom stereocenters. The van der Waals surface area contributed by atoms with Crippen LogP contribution in [0.15, 0.2) is 144 Å². The van der Waals surface area contributed by atoms with Crippen LogP contribution in [0.25, 0.3) is 55.9 Å². The van der Waals surface area contributed by atoms with Gasteiger partial charge in [-0.25, -0.2) is 0 Å². The first-order valence-electron chi connectivity index (χ1n) is 15.3. The van der Waals surface area contributed by atoms with Gasteiger partial charge >= 0.3 is 0 Å². The second kappa shape index (κ2) is 9.71. The Kier molecular flexibility index (Phi) is 5.52. The molecule has 0 spiro atoms. The molecule has 0 fully saturated rings. The van der Waals surface area contributed by atoms with Gasteiger partial charge in [-0.05, 0) is 73.7 Å². The highest BCUT2D eigenvalue weighted by molar-refractivity contribution is 6.09. The molecule has 43 heavy (non-hydrogen) atoms. The summed E-state index contributed by atoms with van der Waals surface area (Å²) in [5.74, 6) is 0.552. The molecule has 2 unspecified atom stereocenters. The maximum Gasteiger partial charge on any atom is 0.143 e. The fourth-order valence-electron chi connectivity index (χ4n) is 7.75. The molecule has 0 saturated heterocycles. The number of para-hydroxylation sites is 2. The van der Waals surface area contributed by atoms with E-state index < -0.39 is 0 Å². The number of rotatable bonds is 3. The lowest BCUT2D eigenvalue weighted by atomic mass is 9.69. The quantitative estimate of drug-likeness (QED) is 0.224. The molecule has 1 heterocycles. The van der Waals surface area contributed by atoms with E-state index >= 15 is 0 Å². The van der Waals surface area contributed by atoms with Crippen molar-refractivity contribution in [3.63, 3.8) is 0 Å². The van der Waals surface area contributed by atoms with Crippen LogP contribution >= 0.6 is 0 Å². The number of fused-ring (bicyclic) bond motifs is 6. The summed E-state index contributed by atoms with van der Waals surface area (Å²) in [5, 5.41) is 7.80. The van der Waals surface area contributed by atoms with Crippen molar-refractivity contribution >= 4 is 44.7 Å². The van der Waals surface area contributed by atoms with E-state index in [4.69, 9.17) is 4.42 Å². The molecule has 1 heteroatoms. The summed E-state index contributed by atoms with van der Waals surface area (Å²) in [4.78, 5) is 0. The van der Waals surface area contributed by atoms with Crippen LogP contribution in [0.5, 0.6) is 0 Å². The topological polar surface area (TPSA) is 13.1 Å². The standard InChI is InChI=1S/C42H30O/c1-2-16-30-27(12-1)13-10-23-33(30)41-36-20-5-3-18-34(36)40(35-19-4-6-21-37(35)41)29-15-9-14-28(26-29)31-22-11-24-38-32-17-7-8-25-39(32)43-42(31)38/h1-9,11-22,24-26,34,36H,10,23H2. The fraction of sp³-hybridized carbons (Fsp3) is 0.0952. The maximum absolute atomic E-state index is 6.44. The van der Waals surface area contributed by atoms with Crippen molar-refractivity contribution in [3.05, 3.63) is 166 Å². The van der Waals surface area contributed by atoms with Crippen LogP contribution in [0.1, 0.15) is 18.4 Å². The zero-order chi connectivity index (χ0) is 28.3. The average Bonchev–Trinajstić information content (AvgIpc) is 3.46. The molecule has 5 aromatic carbocycles. The summed E-state index contributed by atoms with van der Waals surface area (Å²) in [6.45, 7) is 0. The van der Waals surface area contributed by atoms with Crippen LogP contribution in [0.3, 0.4) is 0 Å². The van der Waals surface area contributed by atoms with E-state index in [2.05, 4.69) is 140 Å². The fourth-order valence-corrected chi connectivity index (χ4v) is 7.75. The summed E-state index contributed by atoms with van der Waals surface area (Å²) in [6.07, 6.45) is 13.9. The predicted molar refractivity (Wildman–Crippen MR) is 179 cm³/mol. The van der Waals surface area contributed by atoms with Crippen molar-refractivity contribution in [2.45, 2.75) is 12.8 Å². The normalized spacial score (nSPS) is 18.8. The van der Waals surface area contributed by atoms with E-state index in [1.54, 1.807) is 0 Å². The Labute approximate surface area is 250 Å². The van der Waals surface area contributed by atoms with Crippen molar-refractivity contribution < 1.29 is 4.42 Å². The lowest BCUT2D eigenvalue weighted by Gasteiger charge is -2.34. The Morgan fingerprint density at radius 1 is 0.558 bits per heavy atom. The largest absolute Gasteiger partial charge is 0.455 e. The minimum atomic E-state index is 0.262. The van der Waals surface area contributed by atoms with Crippen molar-refractivity contribution in [1.82, 2.24) is 0 Å². The molecule has 0 radical (unpaired) electrons. The Morgan fingerprint density at radius 3 is 2.12 bits per heavy atom. The van der Waals surface area contributed by atoms with Gasteiger partial charge in [-0.15, -0.1) is 0 Å². The van der Waals surface area contributed by atoms with E-state index in [1.165, 1.54) is 48.7 Å². The predicted octanol–water partition coefficient (Wildman–Crippen LogP) is 7.40. The van der Waals surface area contributed by atoms with Crippen LogP contribution in [0.2, 0.25) is 0 Å². The first kappa shape index (κ1) is 24.5. The van der Waals surface area contributed by atoms with E-state index in [-0.39, 0.29) is 5.92 Å². The number of benzene rings is 5. The Morgan fingerprint density at radius 2 is 1.23 bits per heavy atom. The van der Waals surface area contributed by atoms with Crippen LogP contribution in [0, 0.1) is 11.8 Å². The monoisotopic (exact) mass is 550 g/mol. The highest BCUT2D eigenvalue weighted by Crippen LogP contribution is 2.43. The summed E-state index contributed by atoms with van der Waals surface area (Å²) in [5.41, 5.74) is 9.87.